The average molecular weight is 403 g/mol. The third-order valence-electron chi connectivity index (χ3n) is 3.98. The highest BCUT2D eigenvalue weighted by molar-refractivity contribution is 7.89. The van der Waals surface area contributed by atoms with Gasteiger partial charge in [0.1, 0.15) is 0 Å². The Morgan fingerprint density at radius 2 is 1.96 bits per heavy atom. The Hall–Kier alpha value is -1.36. The molecule has 0 saturated heterocycles. The van der Waals surface area contributed by atoms with Gasteiger partial charge in [-0.2, -0.15) is 13.2 Å². The van der Waals surface area contributed by atoms with Crippen LogP contribution in [0.1, 0.15) is 35.2 Å². The summed E-state index contributed by atoms with van der Waals surface area (Å²) in [5, 5.41) is 0. The van der Waals surface area contributed by atoms with Crippen LogP contribution in [0, 0.1) is 0 Å². The predicted octanol–water partition coefficient (Wildman–Crippen LogP) is 2.07. The zero-order valence-electron chi connectivity index (χ0n) is 13.2. The van der Waals surface area contributed by atoms with Crippen molar-refractivity contribution in [3.8, 4) is 0 Å². The molecule has 0 amide bonds. The van der Waals surface area contributed by atoms with Gasteiger partial charge < -0.3 is 10.5 Å². The van der Waals surface area contributed by atoms with Crippen molar-refractivity contribution >= 4 is 28.4 Å². The van der Waals surface area contributed by atoms with Crippen molar-refractivity contribution in [2.45, 2.75) is 35.9 Å². The monoisotopic (exact) mass is 402 g/mol. The van der Waals surface area contributed by atoms with E-state index in [1.807, 2.05) is 0 Å². The van der Waals surface area contributed by atoms with Crippen LogP contribution in [-0.4, -0.2) is 33.6 Å². The number of nitrogens with two attached hydrogens (primary N) is 1. The second kappa shape index (κ2) is 7.48. The first-order valence-electron chi connectivity index (χ1n) is 7.07. The highest BCUT2D eigenvalue weighted by Crippen LogP contribution is 2.34. The molecule has 2 rings (SSSR count). The first-order valence-corrected chi connectivity index (χ1v) is 8.55. The van der Waals surface area contributed by atoms with Gasteiger partial charge in [0, 0.05) is 12.1 Å². The van der Waals surface area contributed by atoms with Crippen molar-refractivity contribution in [1.82, 2.24) is 4.72 Å². The lowest BCUT2D eigenvalue weighted by Gasteiger charge is -2.38. The fourth-order valence-corrected chi connectivity index (χ4v) is 3.51. The van der Waals surface area contributed by atoms with Crippen LogP contribution in [0.3, 0.4) is 0 Å². The zero-order valence-corrected chi connectivity index (χ0v) is 14.9. The van der Waals surface area contributed by atoms with Gasteiger partial charge in [-0.15, -0.1) is 12.4 Å². The van der Waals surface area contributed by atoms with E-state index in [1.165, 1.54) is 0 Å². The van der Waals surface area contributed by atoms with E-state index >= 15 is 0 Å². The molecular weight excluding hydrogens is 385 g/mol. The van der Waals surface area contributed by atoms with E-state index in [4.69, 9.17) is 5.73 Å². The molecule has 0 spiro atoms. The minimum absolute atomic E-state index is 0. The minimum atomic E-state index is -4.90. The quantitative estimate of drug-likeness (QED) is 0.735. The lowest BCUT2D eigenvalue weighted by molar-refractivity contribution is -0.138. The van der Waals surface area contributed by atoms with Crippen LogP contribution < -0.4 is 10.5 Å². The van der Waals surface area contributed by atoms with Crippen LogP contribution >= 0.6 is 12.4 Å². The topological polar surface area (TPSA) is 98.5 Å². The van der Waals surface area contributed by atoms with Gasteiger partial charge >= 0.3 is 12.1 Å². The van der Waals surface area contributed by atoms with Crippen molar-refractivity contribution in [3.63, 3.8) is 0 Å². The van der Waals surface area contributed by atoms with E-state index in [-0.39, 0.29) is 19.0 Å². The van der Waals surface area contributed by atoms with E-state index in [9.17, 15) is 26.4 Å². The van der Waals surface area contributed by atoms with E-state index in [0.717, 1.165) is 25.7 Å². The van der Waals surface area contributed by atoms with Crippen molar-refractivity contribution in [2.75, 3.05) is 13.7 Å². The molecule has 11 heteroatoms. The number of esters is 1. The van der Waals surface area contributed by atoms with Gasteiger partial charge in [0.15, 0.2) is 0 Å². The molecule has 1 fully saturated rings. The van der Waals surface area contributed by atoms with Crippen molar-refractivity contribution in [1.29, 1.82) is 0 Å². The van der Waals surface area contributed by atoms with Gasteiger partial charge in [0.25, 0.3) is 0 Å². The molecule has 1 aliphatic rings. The third kappa shape index (κ3) is 4.84. The molecule has 142 valence electrons. The molecule has 0 bridgehead atoms. The molecular formula is C14H18ClF3N2O4S. The van der Waals surface area contributed by atoms with Crippen LogP contribution in [0.4, 0.5) is 13.2 Å². The van der Waals surface area contributed by atoms with Gasteiger partial charge in [0.05, 0.1) is 23.1 Å². The molecule has 0 aromatic heterocycles. The summed E-state index contributed by atoms with van der Waals surface area (Å²) in [5.41, 5.74) is 3.12. The Balaban J connectivity index is 0.00000312. The summed E-state index contributed by atoms with van der Waals surface area (Å²) < 4.78 is 70.2. The van der Waals surface area contributed by atoms with Crippen molar-refractivity contribution in [3.05, 3.63) is 29.3 Å². The minimum Gasteiger partial charge on any atom is -0.465 e. The highest BCUT2D eigenvalue weighted by Gasteiger charge is 2.38. The molecule has 1 aromatic rings. The van der Waals surface area contributed by atoms with Gasteiger partial charge in [-0.1, -0.05) is 0 Å². The average Bonchev–Trinajstić information content (AvgIpc) is 2.49. The Morgan fingerprint density at radius 1 is 1.36 bits per heavy atom. The summed E-state index contributed by atoms with van der Waals surface area (Å²) in [5.74, 6) is -1.20. The smallest absolute Gasteiger partial charge is 0.417 e. The van der Waals surface area contributed by atoms with E-state index in [1.54, 1.807) is 0 Å². The number of carbonyl (C=O) groups is 1. The Bertz CT molecular complexity index is 749. The van der Waals surface area contributed by atoms with Gasteiger partial charge in [0.2, 0.25) is 10.0 Å². The normalized spacial score (nSPS) is 16.5. The second-order valence-corrected chi connectivity index (χ2v) is 7.50. The maximum Gasteiger partial charge on any atom is 0.417 e. The summed E-state index contributed by atoms with van der Waals surface area (Å²) in [6.45, 7) is -0.0601. The van der Waals surface area contributed by atoms with E-state index in [0.29, 0.717) is 18.9 Å². The van der Waals surface area contributed by atoms with E-state index in [2.05, 4.69) is 9.46 Å². The summed E-state index contributed by atoms with van der Waals surface area (Å²) in [4.78, 5) is 10.8. The molecule has 1 aliphatic carbocycles. The fourth-order valence-electron chi connectivity index (χ4n) is 2.34. The third-order valence-corrected chi connectivity index (χ3v) is 5.37. The zero-order chi connectivity index (χ0) is 18.2. The highest BCUT2D eigenvalue weighted by atomic mass is 35.5. The first-order chi connectivity index (χ1) is 11.0. The lowest BCUT2D eigenvalue weighted by Crippen LogP contribution is -2.54. The van der Waals surface area contributed by atoms with Crippen LogP contribution in [0.25, 0.3) is 0 Å². The second-order valence-electron chi connectivity index (χ2n) is 5.74. The first kappa shape index (κ1) is 21.7. The Morgan fingerprint density at radius 3 is 2.40 bits per heavy atom. The molecule has 0 aliphatic heterocycles. The predicted molar refractivity (Wildman–Crippen MR) is 86.0 cm³/mol. The number of sulfonamides is 1. The van der Waals surface area contributed by atoms with Gasteiger partial charge in [-0.05, 0) is 37.5 Å². The fraction of sp³-hybridized carbons (Fsp3) is 0.500. The van der Waals surface area contributed by atoms with Crippen molar-refractivity contribution < 1.29 is 31.1 Å². The molecule has 0 atom stereocenters. The molecule has 0 radical (unpaired) electrons. The number of rotatable bonds is 5. The number of carbonyl (C=O) groups excluding carboxylic acids is 1. The lowest BCUT2D eigenvalue weighted by atomic mass is 9.78. The van der Waals surface area contributed by atoms with Gasteiger partial charge in [-0.25, -0.2) is 17.9 Å². The SMILES string of the molecule is COC(=O)c1ccc(S(=O)(=O)NCC2(N)CCC2)cc1C(F)(F)F.Cl. The van der Waals surface area contributed by atoms with Crippen LogP contribution in [0.2, 0.25) is 0 Å². The maximum atomic E-state index is 13.1. The molecule has 3 N–H and O–H groups in total. The molecule has 0 unspecified atom stereocenters. The number of nitrogens with one attached hydrogen (secondary N) is 1. The van der Waals surface area contributed by atoms with Crippen molar-refractivity contribution in [2.24, 2.45) is 5.73 Å². The molecule has 0 heterocycles. The van der Waals surface area contributed by atoms with Crippen LogP contribution in [0.5, 0.6) is 0 Å². The number of ether oxygens (including phenoxy) is 1. The number of hydrogen-bond acceptors (Lipinski definition) is 5. The Labute approximate surface area is 149 Å². The molecule has 25 heavy (non-hydrogen) atoms. The largest absolute Gasteiger partial charge is 0.465 e. The number of alkyl halides is 3. The maximum absolute atomic E-state index is 13.1. The summed E-state index contributed by atoms with van der Waals surface area (Å²) in [6.07, 6.45) is -2.74. The molecule has 1 aromatic carbocycles. The number of halogens is 4. The summed E-state index contributed by atoms with van der Waals surface area (Å²) >= 11 is 0. The van der Waals surface area contributed by atoms with Crippen LogP contribution in [-0.2, 0) is 20.9 Å². The molecule has 6 nitrogen and oxygen atoms in total. The Kier molecular flexibility index (Phi) is 6.49. The van der Waals surface area contributed by atoms with Gasteiger partial charge in [-0.3, -0.25) is 0 Å². The molecule has 1 saturated carbocycles. The standard InChI is InChI=1S/C14H17F3N2O4S.ClH/c1-23-12(20)10-4-3-9(7-11(10)14(15,16)17)24(21,22)19-8-13(18)5-2-6-13;/h3-4,7,19H,2,5-6,8,18H2,1H3;1H. The van der Waals surface area contributed by atoms with E-state index < -0.39 is 43.7 Å². The number of benzene rings is 1. The number of methoxy groups -OCH3 is 1. The number of hydrogen-bond donors (Lipinski definition) is 2. The van der Waals surface area contributed by atoms with Crippen LogP contribution in [0.15, 0.2) is 23.1 Å². The summed E-state index contributed by atoms with van der Waals surface area (Å²) in [7, 11) is -3.25. The summed E-state index contributed by atoms with van der Waals surface area (Å²) in [6, 6.07) is 2.12.